The number of halogens is 1. The topological polar surface area (TPSA) is 36.9 Å². The van der Waals surface area contributed by atoms with Crippen LogP contribution in [0.4, 0.5) is 0 Å². The quantitative estimate of drug-likeness (QED) is 0.328. The van der Waals surface area contributed by atoms with Gasteiger partial charge < -0.3 is 18.9 Å². The van der Waals surface area contributed by atoms with E-state index in [-0.39, 0.29) is 6.10 Å². The van der Waals surface area contributed by atoms with Crippen LogP contribution in [0.25, 0.3) is 0 Å². The van der Waals surface area contributed by atoms with Crippen LogP contribution in [0, 0.1) is 0 Å². The number of rotatable bonds is 11. The van der Waals surface area contributed by atoms with Gasteiger partial charge in [-0.2, -0.15) is 0 Å². The van der Waals surface area contributed by atoms with Crippen LogP contribution in [0.2, 0.25) is 0 Å². The maximum atomic E-state index is 5.90. The SMILES string of the molecule is COCCOCCCOC(CI)c1ccc(OC)cc1. The van der Waals surface area contributed by atoms with Crippen molar-refractivity contribution in [1.82, 2.24) is 0 Å². The van der Waals surface area contributed by atoms with Crippen molar-refractivity contribution in [2.75, 3.05) is 45.1 Å². The van der Waals surface area contributed by atoms with Gasteiger partial charge in [0.15, 0.2) is 0 Å². The second kappa shape index (κ2) is 11.3. The van der Waals surface area contributed by atoms with Crippen molar-refractivity contribution in [1.29, 1.82) is 0 Å². The summed E-state index contributed by atoms with van der Waals surface area (Å²) in [4.78, 5) is 0. The third kappa shape index (κ3) is 6.88. The van der Waals surface area contributed by atoms with E-state index < -0.39 is 0 Å². The molecule has 1 atom stereocenters. The Morgan fingerprint density at radius 1 is 1.00 bits per heavy atom. The van der Waals surface area contributed by atoms with E-state index in [2.05, 4.69) is 34.7 Å². The van der Waals surface area contributed by atoms with Gasteiger partial charge in [-0.1, -0.05) is 34.7 Å². The molecule has 0 aliphatic rings. The highest BCUT2D eigenvalue weighted by molar-refractivity contribution is 14.1. The van der Waals surface area contributed by atoms with Crippen molar-refractivity contribution in [3.05, 3.63) is 29.8 Å². The van der Waals surface area contributed by atoms with E-state index in [1.54, 1.807) is 14.2 Å². The molecule has 4 nitrogen and oxygen atoms in total. The summed E-state index contributed by atoms with van der Waals surface area (Å²) in [5.74, 6) is 0.868. The van der Waals surface area contributed by atoms with Crippen LogP contribution in [0.5, 0.6) is 5.75 Å². The van der Waals surface area contributed by atoms with Gasteiger partial charge >= 0.3 is 0 Å². The highest BCUT2D eigenvalue weighted by atomic mass is 127. The minimum absolute atomic E-state index is 0.125. The Kier molecular flexibility index (Phi) is 10.00. The van der Waals surface area contributed by atoms with E-state index in [1.807, 2.05) is 12.1 Å². The van der Waals surface area contributed by atoms with Crippen molar-refractivity contribution < 1.29 is 18.9 Å². The molecule has 5 heteroatoms. The second-order valence-electron chi connectivity index (χ2n) is 4.25. The Bertz CT molecular complexity index is 342. The molecule has 1 rings (SSSR count). The zero-order chi connectivity index (χ0) is 14.6. The summed E-state index contributed by atoms with van der Waals surface area (Å²) < 4.78 is 22.3. The molecular weight excluding hydrogens is 371 g/mol. The van der Waals surface area contributed by atoms with Gasteiger partial charge in [0.05, 0.1) is 26.4 Å². The minimum Gasteiger partial charge on any atom is -0.497 e. The fourth-order valence-corrected chi connectivity index (χ4v) is 2.44. The Morgan fingerprint density at radius 3 is 2.35 bits per heavy atom. The van der Waals surface area contributed by atoms with Gasteiger partial charge in [0, 0.05) is 24.8 Å². The van der Waals surface area contributed by atoms with Gasteiger partial charge in [-0.05, 0) is 24.1 Å². The maximum Gasteiger partial charge on any atom is 0.118 e. The molecule has 0 spiro atoms. The largest absolute Gasteiger partial charge is 0.497 e. The fourth-order valence-electron chi connectivity index (χ4n) is 1.68. The number of ether oxygens (including phenoxy) is 4. The third-order valence-electron chi connectivity index (χ3n) is 2.81. The third-order valence-corrected chi connectivity index (χ3v) is 3.61. The Hall–Kier alpha value is -0.370. The van der Waals surface area contributed by atoms with E-state index in [0.717, 1.165) is 16.6 Å². The Balaban J connectivity index is 2.24. The molecule has 0 aromatic heterocycles. The number of methoxy groups -OCH3 is 2. The van der Waals surface area contributed by atoms with Crippen molar-refractivity contribution >= 4 is 22.6 Å². The molecule has 0 heterocycles. The molecule has 1 unspecified atom stereocenters. The Morgan fingerprint density at radius 2 is 1.75 bits per heavy atom. The van der Waals surface area contributed by atoms with E-state index in [9.17, 15) is 0 Å². The lowest BCUT2D eigenvalue weighted by atomic mass is 10.1. The summed E-state index contributed by atoms with van der Waals surface area (Å²) in [6.07, 6.45) is 1.02. The molecule has 0 N–H and O–H groups in total. The highest BCUT2D eigenvalue weighted by Gasteiger charge is 2.10. The number of alkyl halides is 1. The van der Waals surface area contributed by atoms with Gasteiger partial charge in [-0.15, -0.1) is 0 Å². The van der Waals surface area contributed by atoms with Gasteiger partial charge in [0.2, 0.25) is 0 Å². The predicted octanol–water partition coefficient (Wildman–Crippen LogP) is 3.24. The predicted molar refractivity (Wildman–Crippen MR) is 87.9 cm³/mol. The smallest absolute Gasteiger partial charge is 0.118 e. The average Bonchev–Trinajstić information content (AvgIpc) is 2.50. The molecule has 1 aromatic carbocycles. The molecule has 0 aliphatic carbocycles. The zero-order valence-corrected chi connectivity index (χ0v) is 14.3. The van der Waals surface area contributed by atoms with E-state index in [0.29, 0.717) is 26.4 Å². The van der Waals surface area contributed by atoms with Crippen molar-refractivity contribution in [3.8, 4) is 5.75 Å². The van der Waals surface area contributed by atoms with Crippen molar-refractivity contribution in [2.24, 2.45) is 0 Å². The highest BCUT2D eigenvalue weighted by Crippen LogP contribution is 2.22. The molecule has 114 valence electrons. The summed E-state index contributed by atoms with van der Waals surface area (Å²) in [6.45, 7) is 2.69. The van der Waals surface area contributed by atoms with Gasteiger partial charge in [-0.3, -0.25) is 0 Å². The van der Waals surface area contributed by atoms with Crippen LogP contribution >= 0.6 is 22.6 Å². The first-order chi connectivity index (χ1) is 9.81. The molecule has 0 fully saturated rings. The lowest BCUT2D eigenvalue weighted by Crippen LogP contribution is -2.10. The summed E-state index contributed by atoms with van der Waals surface area (Å²) in [6, 6.07) is 8.03. The normalized spacial score (nSPS) is 12.3. The molecule has 20 heavy (non-hydrogen) atoms. The van der Waals surface area contributed by atoms with Gasteiger partial charge in [0.25, 0.3) is 0 Å². The van der Waals surface area contributed by atoms with Gasteiger partial charge in [-0.25, -0.2) is 0 Å². The van der Waals surface area contributed by atoms with Crippen LogP contribution < -0.4 is 4.74 Å². The lowest BCUT2D eigenvalue weighted by Gasteiger charge is -2.16. The number of hydrogen-bond donors (Lipinski definition) is 0. The van der Waals surface area contributed by atoms with Crippen LogP contribution in [0.15, 0.2) is 24.3 Å². The summed E-state index contributed by atoms with van der Waals surface area (Å²) in [5, 5.41) is 0. The van der Waals surface area contributed by atoms with Gasteiger partial charge in [0.1, 0.15) is 5.75 Å². The monoisotopic (exact) mass is 394 g/mol. The molecule has 0 radical (unpaired) electrons. The first-order valence-electron chi connectivity index (χ1n) is 6.70. The van der Waals surface area contributed by atoms with Crippen molar-refractivity contribution in [3.63, 3.8) is 0 Å². The molecule has 0 saturated carbocycles. The number of hydrogen-bond acceptors (Lipinski definition) is 4. The molecule has 0 bridgehead atoms. The molecule has 0 aliphatic heterocycles. The van der Waals surface area contributed by atoms with Crippen LogP contribution in [-0.2, 0) is 14.2 Å². The lowest BCUT2D eigenvalue weighted by molar-refractivity contribution is 0.0321. The molecular formula is C15H23IO4. The molecule has 0 saturated heterocycles. The van der Waals surface area contributed by atoms with E-state index in [4.69, 9.17) is 18.9 Å². The summed E-state index contributed by atoms with van der Waals surface area (Å²) in [7, 11) is 3.34. The summed E-state index contributed by atoms with van der Waals surface area (Å²) >= 11 is 2.35. The van der Waals surface area contributed by atoms with Crippen molar-refractivity contribution in [2.45, 2.75) is 12.5 Å². The average molecular weight is 394 g/mol. The Labute approximate surface area is 134 Å². The standard InChI is InChI=1S/C15H23IO4/c1-17-10-11-19-8-3-9-20-15(12-16)13-4-6-14(18-2)7-5-13/h4-7,15H,3,8-12H2,1-2H3. The van der Waals surface area contributed by atoms with E-state index in [1.165, 1.54) is 5.56 Å². The molecule has 0 amide bonds. The second-order valence-corrected chi connectivity index (χ2v) is 5.13. The van der Waals surface area contributed by atoms with Crippen LogP contribution in [-0.4, -0.2) is 45.1 Å². The van der Waals surface area contributed by atoms with Crippen LogP contribution in [0.3, 0.4) is 0 Å². The maximum absolute atomic E-state index is 5.90. The van der Waals surface area contributed by atoms with E-state index >= 15 is 0 Å². The van der Waals surface area contributed by atoms with Crippen LogP contribution in [0.1, 0.15) is 18.1 Å². The minimum atomic E-state index is 0.125. The molecule has 1 aromatic rings. The zero-order valence-electron chi connectivity index (χ0n) is 12.1. The first kappa shape index (κ1) is 17.7. The first-order valence-corrected chi connectivity index (χ1v) is 8.22. The summed E-state index contributed by atoms with van der Waals surface area (Å²) in [5.41, 5.74) is 1.18. The fraction of sp³-hybridized carbons (Fsp3) is 0.600. The number of benzene rings is 1.